The number of aryl methyl sites for hydroxylation is 4. The highest BCUT2D eigenvalue weighted by Gasteiger charge is 2.16. The van der Waals surface area contributed by atoms with Gasteiger partial charge in [-0.15, -0.1) is 0 Å². The fourth-order valence-electron chi connectivity index (χ4n) is 9.88. The molecule has 0 aliphatic carbocycles. The van der Waals surface area contributed by atoms with Gasteiger partial charge in [-0.25, -0.2) is 29.5 Å². The monoisotopic (exact) mass is 1090 g/mol. The maximum absolute atomic E-state index is 12.8. The Labute approximate surface area is 486 Å². The molecule has 81 heavy (non-hydrogen) atoms. The summed E-state index contributed by atoms with van der Waals surface area (Å²) in [5.41, 5.74) is 7.82. The van der Waals surface area contributed by atoms with Crippen molar-refractivity contribution in [3.63, 3.8) is 0 Å². The molecule has 2 heterocycles. The third kappa shape index (κ3) is 24.7. The third-order valence-electron chi connectivity index (χ3n) is 14.9. The normalized spacial score (nSPS) is 10.8. The highest BCUT2D eigenvalue weighted by atomic mass is 16.5. The number of ether oxygens (including phenoxy) is 2. The summed E-state index contributed by atoms with van der Waals surface area (Å²) in [6.45, 7) is 8.95. The number of unbranched alkanes of at least 4 members (excludes halogenated alkanes) is 23. The molecule has 2 aromatic heterocycles. The van der Waals surface area contributed by atoms with Crippen LogP contribution in [0.15, 0.2) is 110 Å². The van der Waals surface area contributed by atoms with Gasteiger partial charge < -0.3 is 9.47 Å². The minimum atomic E-state index is -0.488. The second-order valence-electron chi connectivity index (χ2n) is 21.8. The number of hydrogen-bond acceptors (Lipinski definition) is 10. The molecule has 0 fully saturated rings. The maximum Gasteiger partial charge on any atom is 0.343 e. The number of esters is 2. The second-order valence-corrected chi connectivity index (χ2v) is 21.8. The highest BCUT2D eigenvalue weighted by molar-refractivity contribution is 5.92. The zero-order valence-corrected chi connectivity index (χ0v) is 49.6. The summed E-state index contributed by atoms with van der Waals surface area (Å²) >= 11 is 0. The predicted molar refractivity (Wildman–Crippen MR) is 329 cm³/mol. The van der Waals surface area contributed by atoms with Gasteiger partial charge in [0.2, 0.25) is 0 Å². The highest BCUT2D eigenvalue weighted by Crippen LogP contribution is 2.26. The van der Waals surface area contributed by atoms with Crippen LogP contribution in [0, 0.1) is 22.7 Å². The van der Waals surface area contributed by atoms with E-state index >= 15 is 0 Å². The zero-order chi connectivity index (χ0) is 57.5. The molecular formula is C71H92N6O4. The molecule has 0 aliphatic rings. The van der Waals surface area contributed by atoms with Crippen LogP contribution < -0.4 is 9.47 Å². The van der Waals surface area contributed by atoms with Gasteiger partial charge in [0, 0.05) is 35.9 Å². The van der Waals surface area contributed by atoms with E-state index in [4.69, 9.17) is 9.47 Å². The lowest BCUT2D eigenvalue weighted by molar-refractivity contribution is 0.0724. The van der Waals surface area contributed by atoms with Gasteiger partial charge in [0.05, 0.1) is 22.3 Å². The lowest BCUT2D eigenvalue weighted by atomic mass is 10.0. The minimum Gasteiger partial charge on any atom is -0.422 e. The van der Waals surface area contributed by atoms with Crippen LogP contribution in [0.1, 0.15) is 255 Å². The molecule has 0 bridgehead atoms. The quantitative estimate of drug-likeness (QED) is 0.0209. The first-order valence-corrected chi connectivity index (χ1v) is 31.1. The summed E-state index contributed by atoms with van der Waals surface area (Å²) in [6, 6.07) is 29.6. The zero-order valence-electron chi connectivity index (χ0n) is 49.6. The Kier molecular flexibility index (Phi) is 31.5. The fraction of sp³-hybridized carbons (Fsp3) is 0.493. The van der Waals surface area contributed by atoms with Crippen LogP contribution in [0.3, 0.4) is 0 Å². The van der Waals surface area contributed by atoms with Gasteiger partial charge >= 0.3 is 11.9 Å². The molecule has 0 N–H and O–H groups in total. The largest absolute Gasteiger partial charge is 0.422 e. The molecule has 6 rings (SSSR count). The van der Waals surface area contributed by atoms with Crippen LogP contribution in [0.2, 0.25) is 0 Å². The van der Waals surface area contributed by atoms with Crippen molar-refractivity contribution in [2.75, 3.05) is 0 Å². The Hall–Kier alpha value is -7.04. The Bertz CT molecular complexity index is 2800. The van der Waals surface area contributed by atoms with Gasteiger partial charge in [0.1, 0.15) is 23.6 Å². The maximum atomic E-state index is 12.8. The van der Waals surface area contributed by atoms with Gasteiger partial charge in [-0.05, 0) is 122 Å². The molecular weight excluding hydrogens is 1000 g/mol. The Morgan fingerprint density at radius 1 is 0.358 bits per heavy atom. The van der Waals surface area contributed by atoms with Crippen LogP contribution in [0.4, 0.5) is 0 Å². The average Bonchev–Trinajstić information content (AvgIpc) is 3.51. The smallest absolute Gasteiger partial charge is 0.343 e. The fourth-order valence-corrected chi connectivity index (χ4v) is 9.88. The van der Waals surface area contributed by atoms with E-state index in [9.17, 15) is 20.1 Å². The first kappa shape index (κ1) is 64.8. The van der Waals surface area contributed by atoms with Crippen LogP contribution in [0.25, 0.3) is 22.8 Å². The number of aromatic nitrogens is 4. The number of nitriles is 2. The van der Waals surface area contributed by atoms with Crippen molar-refractivity contribution < 1.29 is 19.1 Å². The van der Waals surface area contributed by atoms with Gasteiger partial charge in [-0.3, -0.25) is 0 Å². The summed E-state index contributed by atoms with van der Waals surface area (Å²) in [5.74, 6) is 0.886. The Morgan fingerprint density at radius 3 is 0.914 bits per heavy atom. The molecule has 6 aromatic rings. The van der Waals surface area contributed by atoms with Crippen molar-refractivity contribution in [1.29, 1.82) is 10.5 Å². The first-order valence-electron chi connectivity index (χ1n) is 31.1. The van der Waals surface area contributed by atoms with Crippen molar-refractivity contribution in [2.45, 2.75) is 227 Å². The molecule has 0 spiro atoms. The number of hydrogen-bond donors (Lipinski definition) is 0. The van der Waals surface area contributed by atoms with E-state index in [2.05, 4.69) is 59.8 Å². The molecule has 0 aliphatic heterocycles. The van der Waals surface area contributed by atoms with Crippen molar-refractivity contribution in [3.8, 4) is 46.4 Å². The van der Waals surface area contributed by atoms with E-state index in [0.717, 1.165) is 71.9 Å². The van der Waals surface area contributed by atoms with E-state index in [1.165, 1.54) is 161 Å². The van der Waals surface area contributed by atoms with Crippen molar-refractivity contribution in [2.24, 2.45) is 0 Å². The molecule has 0 saturated carbocycles. The summed E-state index contributed by atoms with van der Waals surface area (Å²) in [7, 11) is 0. The van der Waals surface area contributed by atoms with E-state index in [1.54, 1.807) is 36.4 Å². The minimum absolute atomic E-state index is 0.295. The van der Waals surface area contributed by atoms with Crippen LogP contribution in [0.5, 0.6) is 11.5 Å². The number of carbonyl (C=O) groups is 2. The van der Waals surface area contributed by atoms with E-state index in [1.807, 2.05) is 73.3 Å². The average molecular weight is 1090 g/mol. The number of benzene rings is 4. The number of rotatable bonds is 37. The lowest BCUT2D eigenvalue weighted by Gasteiger charge is -2.09. The molecule has 430 valence electrons. The summed E-state index contributed by atoms with van der Waals surface area (Å²) in [4.78, 5) is 43.8. The third-order valence-corrected chi connectivity index (χ3v) is 14.9. The number of nitrogens with zero attached hydrogens (tertiary/aromatic N) is 6. The molecule has 0 saturated heterocycles. The van der Waals surface area contributed by atoms with E-state index in [0.29, 0.717) is 45.4 Å². The molecule has 0 unspecified atom stereocenters. The summed E-state index contributed by atoms with van der Waals surface area (Å²) in [5, 5.41) is 19.3. The number of carbonyl (C=O) groups excluding carboxylic acids is 2. The van der Waals surface area contributed by atoms with Gasteiger partial charge in [-0.1, -0.05) is 212 Å². The van der Waals surface area contributed by atoms with Crippen LogP contribution in [-0.4, -0.2) is 31.9 Å². The van der Waals surface area contributed by atoms with Crippen molar-refractivity contribution in [1.82, 2.24) is 19.9 Å². The Morgan fingerprint density at radius 2 is 0.630 bits per heavy atom. The summed E-state index contributed by atoms with van der Waals surface area (Å²) in [6.07, 6.45) is 45.7. The molecule has 4 aromatic carbocycles. The topological polar surface area (TPSA) is 152 Å². The van der Waals surface area contributed by atoms with Crippen molar-refractivity contribution in [3.05, 3.63) is 154 Å². The van der Waals surface area contributed by atoms with Gasteiger partial charge in [-0.2, -0.15) is 10.5 Å². The predicted octanol–water partition coefficient (Wildman–Crippen LogP) is 19.3. The molecule has 10 nitrogen and oxygen atoms in total. The van der Waals surface area contributed by atoms with E-state index < -0.39 is 11.9 Å². The van der Waals surface area contributed by atoms with Crippen LogP contribution >= 0.6 is 0 Å². The molecule has 10 heteroatoms. The van der Waals surface area contributed by atoms with E-state index in [-0.39, 0.29) is 0 Å². The summed E-state index contributed by atoms with van der Waals surface area (Å²) < 4.78 is 11.2. The molecule has 0 atom stereocenters. The van der Waals surface area contributed by atoms with Gasteiger partial charge in [0.15, 0.2) is 11.6 Å². The molecule has 0 radical (unpaired) electrons. The lowest BCUT2D eigenvalue weighted by Crippen LogP contribution is -2.09. The Balaban J connectivity index is 0.000000297. The first-order chi connectivity index (χ1) is 39.8. The SMILES string of the molecule is CCCCCCCCCc1cnc(-c2ccc(C(=O)Oc3ccc(CCCCCCCC)cc3C#N)cc2)nc1.CCCCCCCCCc1cnc(-c2ccc(C(=O)Oc3ccc(CCCCCCCCC)cc3C#N)cc2)nc1. The van der Waals surface area contributed by atoms with Crippen LogP contribution in [-0.2, 0) is 25.7 Å². The second kappa shape index (κ2) is 39.4. The van der Waals surface area contributed by atoms with Crippen molar-refractivity contribution >= 4 is 11.9 Å². The van der Waals surface area contributed by atoms with Gasteiger partial charge in [0.25, 0.3) is 0 Å². The molecule has 0 amide bonds. The standard InChI is InChI=1S/C36H47N3O2.C35H45N3O2/c1-3-5-7-9-11-13-15-17-29-19-24-34(33(25-29)26-37)41-36(40)32-22-20-31(21-23-32)35-38-27-30(28-39-35)18-16-14-12-10-8-6-4-2;1-3-5-7-9-11-13-15-17-29-26-37-34(38-27-29)30-19-21-31(22-20-30)35(39)40-33-23-18-28(24-32(33)25-36)16-14-12-10-8-6-4-2/h19-25,27-28H,3-18H2,1-2H3;18-24,26-27H,3-17H2,1-2H3.